The fraction of sp³-hybridized carbons (Fsp3) is 0.357. The molecule has 0 atom stereocenters. The van der Waals surface area contributed by atoms with Crippen LogP contribution in [-0.4, -0.2) is 22.9 Å². The van der Waals surface area contributed by atoms with Gasteiger partial charge in [-0.25, -0.2) is 0 Å². The highest BCUT2D eigenvalue weighted by atomic mass is 19.3. The molecule has 0 spiro atoms. The molecular formula is C14H17F2N3O. The Morgan fingerprint density at radius 3 is 2.80 bits per heavy atom. The zero-order chi connectivity index (χ0) is 14.4. The molecule has 0 bridgehead atoms. The van der Waals surface area contributed by atoms with Crippen LogP contribution in [0.3, 0.4) is 0 Å². The number of aryl methyl sites for hydroxylation is 1. The molecule has 2 aromatic rings. The van der Waals surface area contributed by atoms with Gasteiger partial charge in [0, 0.05) is 44.0 Å². The molecule has 1 aromatic carbocycles. The highest BCUT2D eigenvalue weighted by Crippen LogP contribution is 2.19. The van der Waals surface area contributed by atoms with E-state index < -0.39 is 6.61 Å². The van der Waals surface area contributed by atoms with Crippen LogP contribution in [0.5, 0.6) is 5.75 Å². The van der Waals surface area contributed by atoms with Crippen LogP contribution in [0, 0.1) is 0 Å². The van der Waals surface area contributed by atoms with E-state index in [9.17, 15) is 8.78 Å². The van der Waals surface area contributed by atoms with Crippen molar-refractivity contribution in [1.82, 2.24) is 15.1 Å². The molecule has 0 aliphatic rings. The third-order valence-electron chi connectivity index (χ3n) is 2.98. The lowest BCUT2D eigenvalue weighted by atomic mass is 10.2. The number of alkyl halides is 2. The predicted molar refractivity (Wildman–Crippen MR) is 71.7 cm³/mol. The summed E-state index contributed by atoms with van der Waals surface area (Å²) in [6.07, 6.45) is 2.58. The molecule has 0 radical (unpaired) electrons. The normalized spacial score (nSPS) is 11.0. The Bertz CT molecular complexity index is 543. The second-order valence-corrected chi connectivity index (χ2v) is 4.36. The van der Waals surface area contributed by atoms with Crippen LogP contribution >= 0.6 is 0 Å². The third-order valence-corrected chi connectivity index (χ3v) is 2.98. The number of hydrogen-bond donors (Lipinski definition) is 1. The summed E-state index contributed by atoms with van der Waals surface area (Å²) in [7, 11) is 1.89. The molecule has 0 aliphatic carbocycles. The Morgan fingerprint density at radius 2 is 2.10 bits per heavy atom. The third kappa shape index (κ3) is 4.03. The summed E-state index contributed by atoms with van der Waals surface area (Å²) in [6.45, 7) is -1.57. The summed E-state index contributed by atoms with van der Waals surface area (Å²) >= 11 is 0. The fourth-order valence-electron chi connectivity index (χ4n) is 1.95. The van der Waals surface area contributed by atoms with Crippen molar-refractivity contribution in [3.05, 3.63) is 47.8 Å². The number of nitrogens with zero attached hydrogens (tertiary/aromatic N) is 2. The van der Waals surface area contributed by atoms with Crippen molar-refractivity contribution in [2.75, 3.05) is 6.54 Å². The first-order valence-corrected chi connectivity index (χ1v) is 6.37. The Kier molecular flexibility index (Phi) is 5.06. The van der Waals surface area contributed by atoms with Crippen LogP contribution in [0.15, 0.2) is 36.5 Å². The highest BCUT2D eigenvalue weighted by Gasteiger charge is 2.08. The van der Waals surface area contributed by atoms with E-state index in [-0.39, 0.29) is 5.75 Å². The summed E-state index contributed by atoms with van der Waals surface area (Å²) in [6, 6.07) is 8.75. The fourth-order valence-corrected chi connectivity index (χ4v) is 1.95. The Labute approximate surface area is 116 Å². The minimum absolute atomic E-state index is 0.218. The van der Waals surface area contributed by atoms with Gasteiger partial charge >= 0.3 is 6.61 Å². The summed E-state index contributed by atoms with van der Waals surface area (Å²) < 4.78 is 30.8. The highest BCUT2D eigenvalue weighted by molar-refractivity contribution is 5.33. The standard InChI is InChI=1S/C14H17F2N3O/c1-19-12(7-9-18-19)6-8-17-10-11-4-2-3-5-13(11)20-14(15)16/h2-5,7,9,14,17H,6,8,10H2,1H3. The van der Waals surface area contributed by atoms with Crippen LogP contribution in [0.2, 0.25) is 0 Å². The molecular weight excluding hydrogens is 264 g/mol. The van der Waals surface area contributed by atoms with Crippen molar-refractivity contribution >= 4 is 0 Å². The van der Waals surface area contributed by atoms with Gasteiger partial charge in [0.15, 0.2) is 0 Å². The number of halogens is 2. The van der Waals surface area contributed by atoms with Gasteiger partial charge in [-0.15, -0.1) is 0 Å². The maximum atomic E-state index is 12.3. The van der Waals surface area contributed by atoms with Gasteiger partial charge in [0.2, 0.25) is 0 Å². The van der Waals surface area contributed by atoms with E-state index in [1.54, 1.807) is 30.5 Å². The van der Waals surface area contributed by atoms with Crippen LogP contribution in [-0.2, 0) is 20.0 Å². The summed E-state index contributed by atoms with van der Waals surface area (Å²) in [5.74, 6) is 0.218. The lowest BCUT2D eigenvalue weighted by molar-refractivity contribution is -0.0504. The second-order valence-electron chi connectivity index (χ2n) is 4.36. The van der Waals surface area contributed by atoms with Gasteiger partial charge in [-0.3, -0.25) is 4.68 Å². The van der Waals surface area contributed by atoms with Crippen LogP contribution in [0.1, 0.15) is 11.3 Å². The summed E-state index contributed by atoms with van der Waals surface area (Å²) in [4.78, 5) is 0. The van der Waals surface area contributed by atoms with Crippen LogP contribution in [0.25, 0.3) is 0 Å². The van der Waals surface area contributed by atoms with Crippen LogP contribution in [0.4, 0.5) is 8.78 Å². The first-order chi connectivity index (χ1) is 9.66. The molecule has 0 amide bonds. The number of ether oxygens (including phenoxy) is 1. The first-order valence-electron chi connectivity index (χ1n) is 6.37. The number of hydrogen-bond acceptors (Lipinski definition) is 3. The zero-order valence-electron chi connectivity index (χ0n) is 11.2. The van der Waals surface area contributed by atoms with Gasteiger partial charge < -0.3 is 10.1 Å². The van der Waals surface area contributed by atoms with E-state index in [2.05, 4.69) is 15.2 Å². The maximum Gasteiger partial charge on any atom is 0.387 e. The molecule has 0 unspecified atom stereocenters. The van der Waals surface area contributed by atoms with Gasteiger partial charge in [0.25, 0.3) is 0 Å². The summed E-state index contributed by atoms with van der Waals surface area (Å²) in [5, 5.41) is 7.30. The SMILES string of the molecule is Cn1nccc1CCNCc1ccccc1OC(F)F. The monoisotopic (exact) mass is 281 g/mol. The number of benzene rings is 1. The average Bonchev–Trinajstić information content (AvgIpc) is 2.81. The van der Waals surface area contributed by atoms with Gasteiger partial charge in [-0.05, 0) is 12.1 Å². The van der Waals surface area contributed by atoms with Crippen molar-refractivity contribution < 1.29 is 13.5 Å². The lowest BCUT2D eigenvalue weighted by Crippen LogP contribution is -2.18. The van der Waals surface area contributed by atoms with Gasteiger partial charge in [-0.2, -0.15) is 13.9 Å². The van der Waals surface area contributed by atoms with E-state index in [0.717, 1.165) is 24.2 Å². The minimum Gasteiger partial charge on any atom is -0.434 e. The Morgan fingerprint density at radius 1 is 1.30 bits per heavy atom. The molecule has 1 aromatic heterocycles. The molecule has 108 valence electrons. The number of para-hydroxylation sites is 1. The zero-order valence-corrected chi connectivity index (χ0v) is 11.2. The molecule has 0 saturated heterocycles. The number of nitrogens with one attached hydrogen (secondary N) is 1. The predicted octanol–water partition coefficient (Wildman–Crippen LogP) is 2.35. The maximum absolute atomic E-state index is 12.3. The molecule has 1 heterocycles. The molecule has 0 saturated carbocycles. The van der Waals surface area contributed by atoms with E-state index in [1.165, 1.54) is 0 Å². The van der Waals surface area contributed by atoms with Crippen LogP contribution < -0.4 is 10.1 Å². The molecule has 0 aliphatic heterocycles. The smallest absolute Gasteiger partial charge is 0.387 e. The van der Waals surface area contributed by atoms with Crippen molar-refractivity contribution in [2.24, 2.45) is 7.05 Å². The molecule has 1 N–H and O–H groups in total. The Balaban J connectivity index is 1.83. The molecule has 4 nitrogen and oxygen atoms in total. The van der Waals surface area contributed by atoms with Crippen molar-refractivity contribution in [3.8, 4) is 5.75 Å². The average molecular weight is 281 g/mol. The van der Waals surface area contributed by atoms with E-state index >= 15 is 0 Å². The molecule has 2 rings (SSSR count). The van der Waals surface area contributed by atoms with E-state index in [4.69, 9.17) is 0 Å². The molecule has 6 heteroatoms. The Hall–Kier alpha value is -1.95. The van der Waals surface area contributed by atoms with E-state index in [1.807, 2.05) is 17.8 Å². The van der Waals surface area contributed by atoms with Crippen molar-refractivity contribution in [3.63, 3.8) is 0 Å². The lowest BCUT2D eigenvalue weighted by Gasteiger charge is -2.11. The number of aromatic nitrogens is 2. The van der Waals surface area contributed by atoms with Gasteiger partial charge in [-0.1, -0.05) is 18.2 Å². The van der Waals surface area contributed by atoms with Gasteiger partial charge in [0.05, 0.1) is 0 Å². The van der Waals surface area contributed by atoms with Crippen molar-refractivity contribution in [2.45, 2.75) is 19.6 Å². The first kappa shape index (κ1) is 14.5. The second kappa shape index (κ2) is 7.00. The van der Waals surface area contributed by atoms with Crippen molar-refractivity contribution in [1.29, 1.82) is 0 Å². The largest absolute Gasteiger partial charge is 0.434 e. The van der Waals surface area contributed by atoms with E-state index in [0.29, 0.717) is 6.54 Å². The topological polar surface area (TPSA) is 39.1 Å². The quantitative estimate of drug-likeness (QED) is 0.792. The molecule has 0 fully saturated rings. The minimum atomic E-state index is -2.80. The number of rotatable bonds is 7. The summed E-state index contributed by atoms with van der Waals surface area (Å²) in [5.41, 5.74) is 1.84. The van der Waals surface area contributed by atoms with Gasteiger partial charge in [0.1, 0.15) is 5.75 Å². The molecule has 20 heavy (non-hydrogen) atoms.